The number of thiazole rings is 1. The molecule has 20 heavy (non-hydrogen) atoms. The molecule has 2 fully saturated rings. The van der Waals surface area contributed by atoms with Gasteiger partial charge in [-0.25, -0.2) is 4.98 Å². The zero-order valence-corrected chi connectivity index (χ0v) is 12.8. The molecule has 108 valence electrons. The maximum Gasteiger partial charge on any atom is 0.229 e. The van der Waals surface area contributed by atoms with Gasteiger partial charge in [-0.3, -0.25) is 9.59 Å². The van der Waals surface area contributed by atoms with Gasteiger partial charge in [0.2, 0.25) is 5.91 Å². The molecule has 2 aliphatic carbocycles. The normalized spacial score (nSPS) is 29.3. The molecule has 1 unspecified atom stereocenters. The predicted molar refractivity (Wildman–Crippen MR) is 78.8 cm³/mol. The molecule has 0 spiro atoms. The third-order valence-electron chi connectivity index (χ3n) is 4.68. The number of hydrogen-bond acceptors (Lipinski definition) is 4. The number of carbonyl (C=O) groups excluding carboxylic acids is 2. The molecule has 4 nitrogen and oxygen atoms in total. The van der Waals surface area contributed by atoms with Crippen molar-refractivity contribution in [2.24, 2.45) is 17.8 Å². The Morgan fingerprint density at radius 1 is 1.25 bits per heavy atom. The van der Waals surface area contributed by atoms with Gasteiger partial charge >= 0.3 is 0 Å². The van der Waals surface area contributed by atoms with Crippen LogP contribution >= 0.6 is 11.3 Å². The van der Waals surface area contributed by atoms with E-state index in [1.807, 2.05) is 13.8 Å². The molecule has 0 radical (unpaired) electrons. The van der Waals surface area contributed by atoms with Crippen LogP contribution in [0.2, 0.25) is 0 Å². The van der Waals surface area contributed by atoms with E-state index in [2.05, 4.69) is 10.3 Å². The molecule has 1 heterocycles. The van der Waals surface area contributed by atoms with Crippen molar-refractivity contribution in [3.63, 3.8) is 0 Å². The van der Waals surface area contributed by atoms with Crippen molar-refractivity contribution in [3.8, 4) is 0 Å². The van der Waals surface area contributed by atoms with Crippen LogP contribution in [0.25, 0.3) is 0 Å². The van der Waals surface area contributed by atoms with E-state index in [4.69, 9.17) is 0 Å². The summed E-state index contributed by atoms with van der Waals surface area (Å²) < 4.78 is 0. The molecule has 2 aliphatic rings. The molecule has 5 heteroatoms. The van der Waals surface area contributed by atoms with Gasteiger partial charge in [-0.05, 0) is 39.5 Å². The number of carbonyl (C=O) groups is 2. The van der Waals surface area contributed by atoms with Gasteiger partial charge in [0.1, 0.15) is 5.78 Å². The number of anilines is 1. The first-order valence-electron chi connectivity index (χ1n) is 7.33. The van der Waals surface area contributed by atoms with Gasteiger partial charge in [0, 0.05) is 22.6 Å². The standard InChI is InChI=1S/C15H20N2O2S/c1-8-9(2)20-15(16-8)17-14(19)12-6-10-4-3-5-11(7-12)13(10)18/h10-12H,3-7H2,1-2H3,(H,16,17,19)/t10-,11+,12?. The summed E-state index contributed by atoms with van der Waals surface area (Å²) in [5.41, 5.74) is 0.973. The zero-order valence-electron chi connectivity index (χ0n) is 11.9. The highest BCUT2D eigenvalue weighted by Crippen LogP contribution is 2.40. The summed E-state index contributed by atoms with van der Waals surface area (Å²) in [6.45, 7) is 3.96. The van der Waals surface area contributed by atoms with Crippen LogP contribution in [0.3, 0.4) is 0 Å². The number of hydrogen-bond donors (Lipinski definition) is 1. The van der Waals surface area contributed by atoms with Gasteiger partial charge < -0.3 is 5.32 Å². The molecule has 1 amide bonds. The Bertz CT molecular complexity index is 517. The summed E-state index contributed by atoms with van der Waals surface area (Å²) in [6.07, 6.45) is 4.53. The van der Waals surface area contributed by atoms with E-state index < -0.39 is 0 Å². The average Bonchev–Trinajstić information content (AvgIpc) is 2.67. The largest absolute Gasteiger partial charge is 0.302 e. The smallest absolute Gasteiger partial charge is 0.229 e. The number of rotatable bonds is 2. The maximum absolute atomic E-state index is 12.4. The first-order chi connectivity index (χ1) is 9.54. The second kappa shape index (κ2) is 5.28. The number of nitrogens with one attached hydrogen (secondary N) is 1. The fourth-order valence-corrected chi connectivity index (χ4v) is 4.24. The molecule has 0 aromatic carbocycles. The third-order valence-corrected chi connectivity index (χ3v) is 5.67. The zero-order chi connectivity index (χ0) is 14.3. The van der Waals surface area contributed by atoms with Gasteiger partial charge in [0.25, 0.3) is 0 Å². The van der Waals surface area contributed by atoms with E-state index in [1.165, 1.54) is 11.3 Å². The maximum atomic E-state index is 12.4. The highest BCUT2D eigenvalue weighted by Gasteiger charge is 2.41. The monoisotopic (exact) mass is 292 g/mol. The molecule has 1 N–H and O–H groups in total. The molecule has 3 rings (SSSR count). The number of fused-ring (bicyclic) bond motifs is 2. The van der Waals surface area contributed by atoms with E-state index in [-0.39, 0.29) is 23.7 Å². The van der Waals surface area contributed by atoms with Crippen LogP contribution in [0.15, 0.2) is 0 Å². The lowest BCUT2D eigenvalue weighted by molar-refractivity contribution is -0.136. The second-order valence-corrected chi connectivity index (χ2v) is 7.25. The van der Waals surface area contributed by atoms with E-state index in [0.29, 0.717) is 10.9 Å². The molecule has 0 aliphatic heterocycles. The van der Waals surface area contributed by atoms with Crippen LogP contribution < -0.4 is 5.32 Å². The first kappa shape index (κ1) is 13.7. The molecular weight excluding hydrogens is 272 g/mol. The summed E-state index contributed by atoms with van der Waals surface area (Å²) in [6, 6.07) is 0. The number of aryl methyl sites for hydroxylation is 2. The molecule has 3 atom stereocenters. The van der Waals surface area contributed by atoms with Gasteiger partial charge in [-0.2, -0.15) is 0 Å². The van der Waals surface area contributed by atoms with Gasteiger partial charge in [0.05, 0.1) is 5.69 Å². The van der Waals surface area contributed by atoms with Crippen LogP contribution in [0, 0.1) is 31.6 Å². The fraction of sp³-hybridized carbons (Fsp3) is 0.667. The minimum atomic E-state index is -0.0208. The summed E-state index contributed by atoms with van der Waals surface area (Å²) >= 11 is 1.52. The highest BCUT2D eigenvalue weighted by molar-refractivity contribution is 7.15. The predicted octanol–water partition coefficient (Wildman–Crippen LogP) is 3.09. The van der Waals surface area contributed by atoms with Gasteiger partial charge in [-0.15, -0.1) is 11.3 Å². The van der Waals surface area contributed by atoms with Crippen molar-refractivity contribution >= 4 is 28.2 Å². The Morgan fingerprint density at radius 2 is 1.90 bits per heavy atom. The molecule has 1 aromatic rings. The molecule has 1 aromatic heterocycles. The van der Waals surface area contributed by atoms with Crippen molar-refractivity contribution < 1.29 is 9.59 Å². The van der Waals surface area contributed by atoms with E-state index in [1.54, 1.807) is 0 Å². The van der Waals surface area contributed by atoms with E-state index >= 15 is 0 Å². The lowest BCUT2D eigenvalue weighted by Gasteiger charge is -2.36. The Labute approximate surface area is 123 Å². The Kier molecular flexibility index (Phi) is 3.63. The molecular formula is C15H20N2O2S. The highest BCUT2D eigenvalue weighted by atomic mass is 32.1. The van der Waals surface area contributed by atoms with Crippen LogP contribution in [0.1, 0.15) is 42.7 Å². The lowest BCUT2D eigenvalue weighted by Crippen LogP contribution is -2.40. The third kappa shape index (κ3) is 2.51. The van der Waals surface area contributed by atoms with Gasteiger partial charge in [-0.1, -0.05) is 6.42 Å². The first-order valence-corrected chi connectivity index (χ1v) is 8.15. The fourth-order valence-electron chi connectivity index (χ4n) is 3.43. The topological polar surface area (TPSA) is 59.1 Å². The van der Waals surface area contributed by atoms with Crippen LogP contribution in [0.4, 0.5) is 5.13 Å². The quantitative estimate of drug-likeness (QED) is 0.911. The Balaban J connectivity index is 1.67. The summed E-state index contributed by atoms with van der Waals surface area (Å²) in [7, 11) is 0. The van der Waals surface area contributed by atoms with Crippen molar-refractivity contribution in [3.05, 3.63) is 10.6 Å². The van der Waals surface area contributed by atoms with Crippen LogP contribution in [-0.4, -0.2) is 16.7 Å². The van der Waals surface area contributed by atoms with Crippen molar-refractivity contribution in [2.75, 3.05) is 5.32 Å². The summed E-state index contributed by atoms with van der Waals surface area (Å²) in [4.78, 5) is 29.9. The van der Waals surface area contributed by atoms with Crippen molar-refractivity contribution in [1.29, 1.82) is 0 Å². The van der Waals surface area contributed by atoms with Crippen molar-refractivity contribution in [2.45, 2.75) is 46.0 Å². The number of nitrogens with zero attached hydrogens (tertiary/aromatic N) is 1. The minimum Gasteiger partial charge on any atom is -0.302 e. The van der Waals surface area contributed by atoms with E-state index in [9.17, 15) is 9.59 Å². The Hall–Kier alpha value is -1.23. The minimum absolute atomic E-state index is 0.0208. The Morgan fingerprint density at radius 3 is 2.45 bits per heavy atom. The summed E-state index contributed by atoms with van der Waals surface area (Å²) in [5, 5.41) is 3.62. The number of aromatic nitrogens is 1. The number of ketones is 1. The SMILES string of the molecule is Cc1nc(NC(=O)C2C[C@H]3CCC[C@@H](C2)C3=O)sc1C. The molecule has 0 saturated heterocycles. The van der Waals surface area contributed by atoms with Crippen LogP contribution in [0.5, 0.6) is 0 Å². The second-order valence-electron chi connectivity index (χ2n) is 6.05. The molecule has 2 saturated carbocycles. The summed E-state index contributed by atoms with van der Waals surface area (Å²) in [5.74, 6) is 0.674. The van der Waals surface area contributed by atoms with E-state index in [0.717, 1.165) is 42.7 Å². The average molecular weight is 292 g/mol. The van der Waals surface area contributed by atoms with Crippen LogP contribution in [-0.2, 0) is 9.59 Å². The molecule has 2 bridgehead atoms. The number of amides is 1. The van der Waals surface area contributed by atoms with Gasteiger partial charge in [0.15, 0.2) is 5.13 Å². The lowest BCUT2D eigenvalue weighted by atomic mass is 9.67. The van der Waals surface area contributed by atoms with Crippen molar-refractivity contribution in [1.82, 2.24) is 4.98 Å². The number of Topliss-reactive ketones (excluding diaryl/α,β-unsaturated/α-hetero) is 1.